The predicted octanol–water partition coefficient (Wildman–Crippen LogP) is 3.95. The van der Waals surface area contributed by atoms with Gasteiger partial charge in [0.15, 0.2) is 5.58 Å². The normalized spacial score (nSPS) is 19.7. The van der Waals surface area contributed by atoms with Gasteiger partial charge in [-0.25, -0.2) is 22.5 Å². The maximum Gasteiger partial charge on any atom is 0.322 e. The molecule has 0 aliphatic heterocycles. The van der Waals surface area contributed by atoms with Crippen molar-refractivity contribution in [1.29, 1.82) is 0 Å². The molecule has 1 saturated carbocycles. The van der Waals surface area contributed by atoms with Crippen molar-refractivity contribution in [3.63, 3.8) is 0 Å². The number of fused-ring (bicyclic) bond motifs is 1. The van der Waals surface area contributed by atoms with E-state index in [4.69, 9.17) is 4.42 Å². The molecule has 6 nitrogen and oxygen atoms in total. The Hall–Kier alpha value is -1.80. The van der Waals surface area contributed by atoms with Crippen LogP contribution in [-0.4, -0.2) is 30.9 Å². The standard InChI is InChI=1S/C18H24FN3O3S/c1-3-12(2)26(23,24)20-11-13-4-7-15(8-5-13)21-18-22-16-9-6-14(19)10-17(16)25-18/h6,9-10,12-13,20H,3-5,7-8,11H2,1-2H3. The highest BCUT2D eigenvalue weighted by Gasteiger charge is 2.23. The van der Waals surface area contributed by atoms with E-state index in [1.165, 1.54) is 12.1 Å². The fourth-order valence-corrected chi connectivity index (χ4v) is 4.18. The van der Waals surface area contributed by atoms with Crippen LogP contribution in [0.4, 0.5) is 10.4 Å². The SMILES string of the molecule is CCC(C)S(=O)(=O)NCC1CCC(=Nc2nc3ccc(F)cc3o2)CC1. The maximum absolute atomic E-state index is 13.2. The number of aromatic nitrogens is 1. The molecule has 3 rings (SSSR count). The number of halogens is 1. The van der Waals surface area contributed by atoms with Crippen LogP contribution in [0.2, 0.25) is 0 Å². The molecule has 1 fully saturated rings. The zero-order valence-electron chi connectivity index (χ0n) is 15.0. The first-order valence-electron chi connectivity index (χ1n) is 8.98. The summed E-state index contributed by atoms with van der Waals surface area (Å²) in [5, 5.41) is -0.368. The highest BCUT2D eigenvalue weighted by molar-refractivity contribution is 7.90. The first kappa shape index (κ1) is 19.0. The van der Waals surface area contributed by atoms with Gasteiger partial charge in [0.25, 0.3) is 0 Å². The van der Waals surface area contributed by atoms with Gasteiger partial charge in [-0.15, -0.1) is 0 Å². The Labute approximate surface area is 153 Å². The van der Waals surface area contributed by atoms with Gasteiger partial charge in [-0.2, -0.15) is 4.98 Å². The molecular formula is C18H24FN3O3S. The van der Waals surface area contributed by atoms with Crippen LogP contribution < -0.4 is 4.72 Å². The van der Waals surface area contributed by atoms with Crippen molar-refractivity contribution in [1.82, 2.24) is 9.71 Å². The molecule has 1 aliphatic carbocycles. The van der Waals surface area contributed by atoms with Gasteiger partial charge >= 0.3 is 6.01 Å². The van der Waals surface area contributed by atoms with Crippen LogP contribution in [0.1, 0.15) is 46.0 Å². The van der Waals surface area contributed by atoms with E-state index in [2.05, 4.69) is 14.7 Å². The Morgan fingerprint density at radius 1 is 1.38 bits per heavy atom. The lowest BCUT2D eigenvalue weighted by atomic mass is 9.88. The van der Waals surface area contributed by atoms with Gasteiger partial charge in [0.05, 0.1) is 5.25 Å². The first-order valence-corrected chi connectivity index (χ1v) is 10.5. The summed E-state index contributed by atoms with van der Waals surface area (Å²) in [5.74, 6) is -0.0567. The summed E-state index contributed by atoms with van der Waals surface area (Å²) in [6.07, 6.45) is 3.91. The molecule has 0 saturated heterocycles. The number of nitrogens with zero attached hydrogens (tertiary/aromatic N) is 2. The fourth-order valence-electron chi connectivity index (χ4n) is 2.99. The molecule has 1 aromatic carbocycles. The molecule has 2 aromatic rings. The van der Waals surface area contributed by atoms with Crippen LogP contribution in [-0.2, 0) is 10.0 Å². The lowest BCUT2D eigenvalue weighted by Crippen LogP contribution is -2.36. The van der Waals surface area contributed by atoms with Crippen molar-refractivity contribution < 1.29 is 17.2 Å². The number of nitrogens with one attached hydrogen (secondary N) is 1. The molecule has 0 spiro atoms. The lowest BCUT2D eigenvalue weighted by Gasteiger charge is -2.23. The Kier molecular flexibility index (Phi) is 5.72. The van der Waals surface area contributed by atoms with Crippen molar-refractivity contribution in [2.45, 2.75) is 51.2 Å². The highest BCUT2D eigenvalue weighted by Crippen LogP contribution is 2.26. The minimum absolute atomic E-state index is 0.247. The molecule has 8 heteroatoms. The maximum atomic E-state index is 13.2. The second-order valence-electron chi connectivity index (χ2n) is 6.84. The number of hydrogen-bond acceptors (Lipinski definition) is 5. The third-order valence-corrected chi connectivity index (χ3v) is 6.91. The summed E-state index contributed by atoms with van der Waals surface area (Å²) in [5.41, 5.74) is 1.95. The third-order valence-electron chi connectivity index (χ3n) is 4.95. The van der Waals surface area contributed by atoms with Crippen LogP contribution in [0, 0.1) is 11.7 Å². The fraction of sp³-hybridized carbons (Fsp3) is 0.556. The summed E-state index contributed by atoms with van der Waals surface area (Å²) in [4.78, 5) is 8.70. The Morgan fingerprint density at radius 3 is 2.81 bits per heavy atom. The van der Waals surface area contributed by atoms with Crippen molar-refractivity contribution in [2.24, 2.45) is 10.9 Å². The van der Waals surface area contributed by atoms with Gasteiger partial charge in [-0.05, 0) is 57.1 Å². The molecule has 0 radical (unpaired) electrons. The molecule has 0 bridgehead atoms. The second kappa shape index (κ2) is 7.84. The Morgan fingerprint density at radius 2 is 2.12 bits per heavy atom. The second-order valence-corrected chi connectivity index (χ2v) is 9.03. The topological polar surface area (TPSA) is 84.6 Å². The van der Waals surface area contributed by atoms with Crippen LogP contribution in [0.5, 0.6) is 0 Å². The molecule has 0 amide bonds. The van der Waals surface area contributed by atoms with E-state index in [0.29, 0.717) is 30.0 Å². The van der Waals surface area contributed by atoms with Crippen molar-refractivity contribution in [3.05, 3.63) is 24.0 Å². The first-order chi connectivity index (χ1) is 12.4. The average molecular weight is 381 g/mol. The quantitative estimate of drug-likeness (QED) is 0.821. The molecule has 1 unspecified atom stereocenters. The van der Waals surface area contributed by atoms with E-state index < -0.39 is 10.0 Å². The molecule has 1 aliphatic rings. The van der Waals surface area contributed by atoms with E-state index in [0.717, 1.165) is 31.4 Å². The smallest absolute Gasteiger partial charge is 0.322 e. The number of hydrogen-bond donors (Lipinski definition) is 1. The average Bonchev–Trinajstić information content (AvgIpc) is 3.01. The number of benzene rings is 1. The van der Waals surface area contributed by atoms with Gasteiger partial charge in [0, 0.05) is 18.3 Å². The molecule has 1 heterocycles. The summed E-state index contributed by atoms with van der Waals surface area (Å²) in [6.45, 7) is 4.07. The summed E-state index contributed by atoms with van der Waals surface area (Å²) < 4.78 is 45.5. The number of aliphatic imine (C=N–C) groups is 1. The third kappa shape index (κ3) is 4.48. The van der Waals surface area contributed by atoms with Gasteiger partial charge in [0.1, 0.15) is 11.3 Å². The number of oxazole rings is 1. The van der Waals surface area contributed by atoms with E-state index in [9.17, 15) is 12.8 Å². The lowest BCUT2D eigenvalue weighted by molar-refractivity contribution is 0.433. The zero-order valence-corrected chi connectivity index (χ0v) is 15.9. The van der Waals surface area contributed by atoms with E-state index in [-0.39, 0.29) is 17.1 Å². The molecule has 142 valence electrons. The van der Waals surface area contributed by atoms with Gasteiger partial charge in [0.2, 0.25) is 10.0 Å². The number of rotatable bonds is 6. The zero-order chi connectivity index (χ0) is 18.7. The van der Waals surface area contributed by atoms with Gasteiger partial charge < -0.3 is 4.42 Å². The van der Waals surface area contributed by atoms with E-state index in [1.54, 1.807) is 13.0 Å². The Bertz CT molecular complexity index is 898. The van der Waals surface area contributed by atoms with Crippen LogP contribution in [0.3, 0.4) is 0 Å². The minimum Gasteiger partial charge on any atom is -0.422 e. The van der Waals surface area contributed by atoms with E-state index >= 15 is 0 Å². The highest BCUT2D eigenvalue weighted by atomic mass is 32.2. The minimum atomic E-state index is -3.23. The summed E-state index contributed by atoms with van der Waals surface area (Å²) in [6, 6.07) is 4.45. The van der Waals surface area contributed by atoms with Crippen LogP contribution in [0.25, 0.3) is 11.1 Å². The van der Waals surface area contributed by atoms with Crippen molar-refractivity contribution in [2.75, 3.05) is 6.54 Å². The number of sulfonamides is 1. The van der Waals surface area contributed by atoms with Crippen LogP contribution in [0.15, 0.2) is 27.6 Å². The van der Waals surface area contributed by atoms with Gasteiger partial charge in [-0.3, -0.25) is 0 Å². The predicted molar refractivity (Wildman–Crippen MR) is 99.7 cm³/mol. The molecule has 1 atom stereocenters. The summed E-state index contributed by atoms with van der Waals surface area (Å²) >= 11 is 0. The monoisotopic (exact) mass is 381 g/mol. The van der Waals surface area contributed by atoms with E-state index in [1.807, 2.05) is 6.92 Å². The van der Waals surface area contributed by atoms with Crippen molar-refractivity contribution >= 4 is 32.8 Å². The molecule has 1 aromatic heterocycles. The van der Waals surface area contributed by atoms with Crippen LogP contribution >= 0.6 is 0 Å². The largest absolute Gasteiger partial charge is 0.422 e. The summed E-state index contributed by atoms with van der Waals surface area (Å²) in [7, 11) is -3.23. The molecular weight excluding hydrogens is 357 g/mol. The molecule has 1 N–H and O–H groups in total. The van der Waals surface area contributed by atoms with Gasteiger partial charge in [-0.1, -0.05) is 6.92 Å². The molecule has 26 heavy (non-hydrogen) atoms. The van der Waals surface area contributed by atoms with Crippen molar-refractivity contribution in [3.8, 4) is 0 Å². The Balaban J connectivity index is 1.56.